The average molecular weight is 301 g/mol. The molecule has 0 saturated carbocycles. The van der Waals surface area contributed by atoms with Crippen molar-refractivity contribution in [2.45, 2.75) is 71.5 Å². The van der Waals surface area contributed by atoms with Crippen LogP contribution in [0.25, 0.3) is 0 Å². The van der Waals surface area contributed by atoms with Crippen molar-refractivity contribution in [2.75, 3.05) is 26.8 Å². The zero-order valence-corrected chi connectivity index (χ0v) is 14.7. The molecule has 126 valence electrons. The van der Waals surface area contributed by atoms with Gasteiger partial charge in [0.2, 0.25) is 5.91 Å². The molecule has 5 heteroatoms. The van der Waals surface area contributed by atoms with Gasteiger partial charge in [0.15, 0.2) is 0 Å². The fourth-order valence-corrected chi connectivity index (χ4v) is 2.73. The Morgan fingerprint density at radius 2 is 1.95 bits per heavy atom. The van der Waals surface area contributed by atoms with Gasteiger partial charge in [0.25, 0.3) is 0 Å². The van der Waals surface area contributed by atoms with E-state index in [0.29, 0.717) is 6.04 Å². The largest absolute Gasteiger partial charge is 0.383 e. The Balaban J connectivity index is 4.23. The quantitative estimate of drug-likeness (QED) is 0.539. The van der Waals surface area contributed by atoms with Crippen LogP contribution < -0.4 is 11.1 Å². The molecule has 3 N–H and O–H groups in total. The standard InChI is InChI=1S/C16H35N3O2/c1-7-19(14(4)12-21-6)11-9-8-10-16(5,15(17)20)18-13(2)3/h13-14,18H,7-12H2,1-6H3,(H2,17,20). The number of likely N-dealkylation sites (N-methyl/N-ethyl adjacent to an activating group) is 1. The van der Waals surface area contributed by atoms with Gasteiger partial charge in [0.05, 0.1) is 12.1 Å². The lowest BCUT2D eigenvalue weighted by atomic mass is 9.93. The molecule has 0 aliphatic heterocycles. The number of nitrogens with one attached hydrogen (secondary N) is 1. The molecule has 0 heterocycles. The molecule has 0 aromatic carbocycles. The van der Waals surface area contributed by atoms with Gasteiger partial charge in [-0.25, -0.2) is 0 Å². The van der Waals surface area contributed by atoms with Crippen LogP contribution >= 0.6 is 0 Å². The predicted molar refractivity (Wildman–Crippen MR) is 88.3 cm³/mol. The van der Waals surface area contributed by atoms with E-state index in [2.05, 4.69) is 24.1 Å². The fourth-order valence-electron chi connectivity index (χ4n) is 2.73. The van der Waals surface area contributed by atoms with Crippen molar-refractivity contribution < 1.29 is 9.53 Å². The van der Waals surface area contributed by atoms with Crippen LogP contribution in [0, 0.1) is 0 Å². The smallest absolute Gasteiger partial charge is 0.237 e. The third kappa shape index (κ3) is 7.79. The molecule has 21 heavy (non-hydrogen) atoms. The summed E-state index contributed by atoms with van der Waals surface area (Å²) >= 11 is 0. The molecular weight excluding hydrogens is 266 g/mol. The van der Waals surface area contributed by atoms with Crippen LogP contribution in [0.3, 0.4) is 0 Å². The van der Waals surface area contributed by atoms with Gasteiger partial charge in [0.1, 0.15) is 0 Å². The summed E-state index contributed by atoms with van der Waals surface area (Å²) in [5, 5.41) is 3.29. The van der Waals surface area contributed by atoms with Crippen molar-refractivity contribution in [1.82, 2.24) is 10.2 Å². The van der Waals surface area contributed by atoms with E-state index in [9.17, 15) is 4.79 Å². The van der Waals surface area contributed by atoms with Crippen LogP contribution in [-0.4, -0.2) is 55.2 Å². The van der Waals surface area contributed by atoms with E-state index in [-0.39, 0.29) is 11.9 Å². The highest BCUT2D eigenvalue weighted by molar-refractivity contribution is 5.84. The minimum absolute atomic E-state index is 0.247. The van der Waals surface area contributed by atoms with Crippen LogP contribution in [0.2, 0.25) is 0 Å². The molecule has 0 bridgehead atoms. The summed E-state index contributed by atoms with van der Waals surface area (Å²) < 4.78 is 5.21. The number of unbranched alkanes of at least 4 members (excludes halogenated alkanes) is 1. The number of rotatable bonds is 12. The molecule has 2 atom stereocenters. The maximum absolute atomic E-state index is 11.7. The van der Waals surface area contributed by atoms with Crippen molar-refractivity contribution in [3.8, 4) is 0 Å². The molecule has 0 aliphatic carbocycles. The summed E-state index contributed by atoms with van der Waals surface area (Å²) in [4.78, 5) is 14.1. The summed E-state index contributed by atoms with van der Waals surface area (Å²) in [6, 6.07) is 0.674. The minimum Gasteiger partial charge on any atom is -0.383 e. The summed E-state index contributed by atoms with van der Waals surface area (Å²) in [5.74, 6) is -0.267. The molecule has 0 aromatic heterocycles. The van der Waals surface area contributed by atoms with Crippen LogP contribution in [0.1, 0.15) is 53.9 Å². The van der Waals surface area contributed by atoms with Crippen LogP contribution in [-0.2, 0) is 9.53 Å². The molecule has 0 saturated heterocycles. The predicted octanol–water partition coefficient (Wildman–Crippen LogP) is 1.76. The molecule has 0 aromatic rings. The molecule has 5 nitrogen and oxygen atoms in total. The van der Waals surface area contributed by atoms with Crippen LogP contribution in [0.5, 0.6) is 0 Å². The Morgan fingerprint density at radius 3 is 2.38 bits per heavy atom. The SMILES string of the molecule is CCN(CCCCC(C)(NC(C)C)C(N)=O)C(C)COC. The van der Waals surface area contributed by atoms with Crippen molar-refractivity contribution in [3.05, 3.63) is 0 Å². The van der Waals surface area contributed by atoms with Crippen molar-refractivity contribution in [2.24, 2.45) is 5.73 Å². The van der Waals surface area contributed by atoms with Gasteiger partial charge in [-0.15, -0.1) is 0 Å². The van der Waals surface area contributed by atoms with E-state index in [0.717, 1.165) is 39.0 Å². The van der Waals surface area contributed by atoms with Crippen LogP contribution in [0.15, 0.2) is 0 Å². The Bertz CT molecular complexity index is 297. The minimum atomic E-state index is -0.608. The first-order chi connectivity index (χ1) is 9.76. The number of nitrogens with two attached hydrogens (primary N) is 1. The van der Waals surface area contributed by atoms with Gasteiger partial charge in [-0.05, 0) is 60.0 Å². The highest BCUT2D eigenvalue weighted by atomic mass is 16.5. The van der Waals surface area contributed by atoms with E-state index >= 15 is 0 Å². The Hall–Kier alpha value is -0.650. The normalized spacial score (nSPS) is 16.2. The zero-order chi connectivity index (χ0) is 16.5. The fraction of sp³-hybridized carbons (Fsp3) is 0.938. The third-order valence-electron chi connectivity index (χ3n) is 3.96. The zero-order valence-electron chi connectivity index (χ0n) is 14.7. The third-order valence-corrected chi connectivity index (χ3v) is 3.96. The van der Waals surface area contributed by atoms with Gasteiger partial charge in [-0.2, -0.15) is 0 Å². The molecule has 0 rings (SSSR count). The topological polar surface area (TPSA) is 67.6 Å². The average Bonchev–Trinajstić information content (AvgIpc) is 2.38. The first-order valence-electron chi connectivity index (χ1n) is 8.07. The summed E-state index contributed by atoms with van der Waals surface area (Å²) in [6.07, 6.45) is 2.82. The van der Waals surface area contributed by atoms with E-state index in [1.54, 1.807) is 7.11 Å². The second-order valence-corrected chi connectivity index (χ2v) is 6.39. The van der Waals surface area contributed by atoms with E-state index in [4.69, 9.17) is 10.5 Å². The van der Waals surface area contributed by atoms with Gasteiger partial charge >= 0.3 is 0 Å². The van der Waals surface area contributed by atoms with Crippen molar-refractivity contribution in [3.63, 3.8) is 0 Å². The van der Waals surface area contributed by atoms with Crippen molar-refractivity contribution in [1.29, 1.82) is 0 Å². The summed E-state index contributed by atoms with van der Waals surface area (Å²) in [5.41, 5.74) is 4.94. The number of hydrogen-bond acceptors (Lipinski definition) is 4. The van der Waals surface area contributed by atoms with Gasteiger partial charge < -0.3 is 15.8 Å². The number of methoxy groups -OCH3 is 1. The number of hydrogen-bond donors (Lipinski definition) is 2. The van der Waals surface area contributed by atoms with Crippen molar-refractivity contribution >= 4 is 5.91 Å². The maximum atomic E-state index is 11.7. The second-order valence-electron chi connectivity index (χ2n) is 6.39. The first kappa shape index (κ1) is 20.3. The van der Waals surface area contributed by atoms with E-state index in [1.165, 1.54) is 0 Å². The van der Waals surface area contributed by atoms with Gasteiger partial charge in [0, 0.05) is 19.2 Å². The second kappa shape index (κ2) is 10.1. The van der Waals surface area contributed by atoms with Gasteiger partial charge in [-0.3, -0.25) is 9.69 Å². The highest BCUT2D eigenvalue weighted by Crippen LogP contribution is 2.15. The summed E-state index contributed by atoms with van der Waals surface area (Å²) in [6.45, 7) is 13.1. The maximum Gasteiger partial charge on any atom is 0.237 e. The highest BCUT2D eigenvalue weighted by Gasteiger charge is 2.30. The first-order valence-corrected chi connectivity index (χ1v) is 8.07. The Labute approximate surface area is 130 Å². The number of ether oxygens (including phenoxy) is 1. The summed E-state index contributed by atoms with van der Waals surface area (Å²) in [7, 11) is 1.74. The molecule has 0 spiro atoms. The molecular formula is C16H35N3O2. The number of amides is 1. The number of primary amides is 1. The molecule has 2 unspecified atom stereocenters. The van der Waals surface area contributed by atoms with Gasteiger partial charge in [-0.1, -0.05) is 6.92 Å². The monoisotopic (exact) mass is 301 g/mol. The number of carbonyl (C=O) groups is 1. The van der Waals surface area contributed by atoms with E-state index in [1.807, 2.05) is 20.8 Å². The Morgan fingerprint density at radius 1 is 1.33 bits per heavy atom. The molecule has 0 aliphatic rings. The lowest BCUT2D eigenvalue weighted by molar-refractivity contribution is -0.124. The molecule has 0 fully saturated rings. The Kier molecular flexibility index (Phi) is 9.83. The lowest BCUT2D eigenvalue weighted by Gasteiger charge is -2.31. The molecule has 1 amide bonds. The number of nitrogens with zero attached hydrogens (tertiary/aromatic N) is 1. The van der Waals surface area contributed by atoms with Crippen LogP contribution in [0.4, 0.5) is 0 Å². The van der Waals surface area contributed by atoms with E-state index < -0.39 is 5.54 Å². The lowest BCUT2D eigenvalue weighted by Crippen LogP contribution is -2.55. The molecule has 0 radical (unpaired) electrons. The number of carbonyl (C=O) groups excluding carboxylic acids is 1.